The lowest BCUT2D eigenvalue weighted by Crippen LogP contribution is -2.42. The third-order valence-corrected chi connectivity index (χ3v) is 3.82. The summed E-state index contributed by atoms with van der Waals surface area (Å²) in [5, 5.41) is 3.49. The zero-order chi connectivity index (χ0) is 9.15. The van der Waals surface area contributed by atoms with Crippen molar-refractivity contribution in [2.24, 2.45) is 0 Å². The van der Waals surface area contributed by atoms with E-state index in [0.29, 0.717) is 0 Å². The minimum absolute atomic E-state index is 0.316. The molecule has 2 rings (SSSR count). The second-order valence-corrected chi connectivity index (χ2v) is 4.84. The van der Waals surface area contributed by atoms with Crippen molar-refractivity contribution in [2.45, 2.75) is 25.2 Å². The molecular weight excluding hydrogens is 186 g/mol. The second kappa shape index (κ2) is 4.17. The first kappa shape index (κ1) is 9.77. The first-order valence-corrected chi connectivity index (χ1v) is 6.03. The van der Waals surface area contributed by atoms with Gasteiger partial charge in [-0.3, -0.25) is 0 Å². The van der Waals surface area contributed by atoms with Gasteiger partial charge in [0.2, 0.25) is 0 Å². The Morgan fingerprint density at radius 1 is 1.38 bits per heavy atom. The van der Waals surface area contributed by atoms with Crippen LogP contribution in [-0.4, -0.2) is 43.1 Å². The molecule has 13 heavy (non-hydrogen) atoms. The van der Waals surface area contributed by atoms with Crippen LogP contribution >= 0.6 is 11.8 Å². The van der Waals surface area contributed by atoms with Crippen LogP contribution in [0.5, 0.6) is 0 Å². The maximum atomic E-state index is 5.51. The van der Waals surface area contributed by atoms with E-state index >= 15 is 0 Å². The molecule has 4 heteroatoms. The topological polar surface area (TPSA) is 30.5 Å². The van der Waals surface area contributed by atoms with Gasteiger partial charge in [0.15, 0.2) is 5.79 Å². The summed E-state index contributed by atoms with van der Waals surface area (Å²) in [5.74, 6) is 2.21. The van der Waals surface area contributed by atoms with Gasteiger partial charge in [0.05, 0.1) is 13.2 Å². The average molecular weight is 203 g/mol. The molecular formula is C9H17NO2S. The molecule has 2 heterocycles. The first-order valence-electron chi connectivity index (χ1n) is 4.88. The highest BCUT2D eigenvalue weighted by Gasteiger charge is 2.30. The molecule has 0 aromatic carbocycles. The van der Waals surface area contributed by atoms with Crippen LogP contribution in [0.2, 0.25) is 0 Å². The predicted molar refractivity (Wildman–Crippen MR) is 54.0 cm³/mol. The van der Waals surface area contributed by atoms with Crippen molar-refractivity contribution in [3.05, 3.63) is 0 Å². The lowest BCUT2D eigenvalue weighted by Gasteiger charge is -2.28. The Bertz CT molecular complexity index is 167. The van der Waals surface area contributed by atoms with Crippen LogP contribution in [0.3, 0.4) is 0 Å². The molecule has 1 N–H and O–H groups in total. The van der Waals surface area contributed by atoms with Crippen LogP contribution in [-0.2, 0) is 9.47 Å². The molecule has 0 bridgehead atoms. The summed E-state index contributed by atoms with van der Waals surface area (Å²) in [6.45, 7) is 4.52. The van der Waals surface area contributed by atoms with Gasteiger partial charge in [0.1, 0.15) is 0 Å². The van der Waals surface area contributed by atoms with E-state index in [2.05, 4.69) is 5.32 Å². The first-order chi connectivity index (χ1) is 6.29. The van der Waals surface area contributed by atoms with E-state index in [4.69, 9.17) is 9.47 Å². The Hall–Kier alpha value is 0.230. The highest BCUT2D eigenvalue weighted by molar-refractivity contribution is 8.00. The molecule has 2 aliphatic rings. The van der Waals surface area contributed by atoms with Crippen molar-refractivity contribution in [1.29, 1.82) is 0 Å². The van der Waals surface area contributed by atoms with E-state index < -0.39 is 0 Å². The molecule has 0 aliphatic carbocycles. The van der Waals surface area contributed by atoms with Crippen molar-refractivity contribution in [3.8, 4) is 0 Å². The Kier molecular flexibility index (Phi) is 3.14. The molecule has 0 atom stereocenters. The number of ether oxygens (including phenoxy) is 2. The van der Waals surface area contributed by atoms with Gasteiger partial charge < -0.3 is 14.8 Å². The quantitative estimate of drug-likeness (QED) is 0.733. The van der Waals surface area contributed by atoms with Crippen LogP contribution in [0.15, 0.2) is 0 Å². The third-order valence-electron chi connectivity index (χ3n) is 2.55. The molecule has 0 unspecified atom stereocenters. The summed E-state index contributed by atoms with van der Waals surface area (Å²) < 4.78 is 11.0. The lowest BCUT2D eigenvalue weighted by atomic mass is 10.2. The molecule has 0 radical (unpaired) electrons. The molecule has 3 nitrogen and oxygen atoms in total. The van der Waals surface area contributed by atoms with E-state index in [1.807, 2.05) is 18.7 Å². The third kappa shape index (κ3) is 2.59. The van der Waals surface area contributed by atoms with Gasteiger partial charge in [0.25, 0.3) is 0 Å². The summed E-state index contributed by atoms with van der Waals surface area (Å²) in [5.41, 5.74) is 0. The Balaban J connectivity index is 1.60. The Labute approximate surface area is 83.5 Å². The van der Waals surface area contributed by atoms with Crippen molar-refractivity contribution >= 4 is 11.8 Å². The monoisotopic (exact) mass is 203 g/mol. The van der Waals surface area contributed by atoms with Gasteiger partial charge in [-0.25, -0.2) is 0 Å². The standard InChI is InChI=1S/C9H17NO2S/c1-9(11-4-5-12-9)2-3-10-8-6-13-7-8/h8,10H,2-7H2,1H3. The van der Waals surface area contributed by atoms with Crippen LogP contribution < -0.4 is 5.32 Å². The van der Waals surface area contributed by atoms with Crippen molar-refractivity contribution in [2.75, 3.05) is 31.3 Å². The smallest absolute Gasteiger partial charge is 0.166 e. The van der Waals surface area contributed by atoms with Crippen LogP contribution in [0, 0.1) is 0 Å². The summed E-state index contributed by atoms with van der Waals surface area (Å²) in [7, 11) is 0. The second-order valence-electron chi connectivity index (χ2n) is 3.77. The maximum Gasteiger partial charge on any atom is 0.166 e. The van der Waals surface area contributed by atoms with E-state index in [1.165, 1.54) is 11.5 Å². The fourth-order valence-corrected chi connectivity index (χ4v) is 2.27. The Morgan fingerprint density at radius 2 is 2.08 bits per heavy atom. The van der Waals surface area contributed by atoms with Gasteiger partial charge in [-0.2, -0.15) is 11.8 Å². The number of hydrogen-bond donors (Lipinski definition) is 1. The highest BCUT2D eigenvalue weighted by Crippen LogP contribution is 2.22. The van der Waals surface area contributed by atoms with Crippen molar-refractivity contribution < 1.29 is 9.47 Å². The SMILES string of the molecule is CC1(CCNC2CSC2)OCCO1. The van der Waals surface area contributed by atoms with E-state index in [0.717, 1.165) is 32.2 Å². The van der Waals surface area contributed by atoms with E-state index in [1.54, 1.807) is 0 Å². The lowest BCUT2D eigenvalue weighted by molar-refractivity contribution is -0.145. The molecule has 2 aliphatic heterocycles. The number of nitrogens with one attached hydrogen (secondary N) is 1. The number of hydrogen-bond acceptors (Lipinski definition) is 4. The van der Waals surface area contributed by atoms with Crippen LogP contribution in [0.4, 0.5) is 0 Å². The summed E-state index contributed by atoms with van der Waals surface area (Å²) in [6, 6.07) is 0.731. The molecule has 76 valence electrons. The molecule has 2 saturated heterocycles. The molecule has 0 saturated carbocycles. The summed E-state index contributed by atoms with van der Waals surface area (Å²) in [6.07, 6.45) is 0.953. The Morgan fingerprint density at radius 3 is 2.62 bits per heavy atom. The largest absolute Gasteiger partial charge is 0.348 e. The molecule has 0 spiro atoms. The molecule has 0 aromatic heterocycles. The highest BCUT2D eigenvalue weighted by atomic mass is 32.2. The fraction of sp³-hybridized carbons (Fsp3) is 1.00. The van der Waals surface area contributed by atoms with Crippen LogP contribution in [0.1, 0.15) is 13.3 Å². The fourth-order valence-electron chi connectivity index (χ4n) is 1.56. The van der Waals surface area contributed by atoms with E-state index in [-0.39, 0.29) is 5.79 Å². The minimum atomic E-state index is -0.316. The van der Waals surface area contributed by atoms with Gasteiger partial charge in [-0.15, -0.1) is 0 Å². The molecule has 2 fully saturated rings. The normalized spacial score (nSPS) is 27.5. The van der Waals surface area contributed by atoms with Crippen LogP contribution in [0.25, 0.3) is 0 Å². The van der Waals surface area contributed by atoms with E-state index in [9.17, 15) is 0 Å². The van der Waals surface area contributed by atoms with Crippen molar-refractivity contribution in [3.63, 3.8) is 0 Å². The number of thioether (sulfide) groups is 1. The summed E-state index contributed by atoms with van der Waals surface area (Å²) >= 11 is 2.00. The maximum absolute atomic E-state index is 5.51. The van der Waals surface area contributed by atoms with Gasteiger partial charge in [-0.1, -0.05) is 0 Å². The summed E-state index contributed by atoms with van der Waals surface area (Å²) in [4.78, 5) is 0. The van der Waals surface area contributed by atoms with Gasteiger partial charge in [0, 0.05) is 30.5 Å². The minimum Gasteiger partial charge on any atom is -0.348 e. The zero-order valence-corrected chi connectivity index (χ0v) is 8.86. The van der Waals surface area contributed by atoms with Crippen molar-refractivity contribution in [1.82, 2.24) is 5.32 Å². The average Bonchev–Trinajstić information content (AvgIpc) is 2.43. The zero-order valence-electron chi connectivity index (χ0n) is 8.04. The molecule has 0 aromatic rings. The number of rotatable bonds is 4. The molecule has 0 amide bonds. The predicted octanol–water partition coefficient (Wildman–Crippen LogP) is 0.845. The van der Waals surface area contributed by atoms with Gasteiger partial charge in [-0.05, 0) is 6.92 Å². The van der Waals surface area contributed by atoms with Gasteiger partial charge >= 0.3 is 0 Å².